The lowest BCUT2D eigenvalue weighted by Gasteiger charge is -2.04. The molecule has 4 heteroatoms. The number of para-hydroxylation sites is 1. The van der Waals surface area contributed by atoms with Crippen molar-refractivity contribution in [3.63, 3.8) is 0 Å². The topological polar surface area (TPSA) is 39.4 Å². The number of aromatic nitrogens is 2. The van der Waals surface area contributed by atoms with Crippen molar-refractivity contribution in [3.8, 4) is 5.75 Å². The van der Waals surface area contributed by atoms with E-state index in [4.69, 9.17) is 4.74 Å². The van der Waals surface area contributed by atoms with Crippen LogP contribution in [0.15, 0.2) is 41.8 Å². The van der Waals surface area contributed by atoms with E-state index in [9.17, 15) is 0 Å². The number of benzene rings is 1. The first-order valence-electron chi connectivity index (χ1n) is 5.39. The predicted octanol–water partition coefficient (Wildman–Crippen LogP) is 2.05. The van der Waals surface area contributed by atoms with E-state index < -0.39 is 0 Å². The first-order chi connectivity index (χ1) is 8.29. The van der Waals surface area contributed by atoms with Crippen LogP contribution in [0, 0.1) is 0 Å². The number of hydrogen-bond acceptors (Lipinski definition) is 3. The van der Waals surface area contributed by atoms with Crippen LogP contribution in [0.5, 0.6) is 5.75 Å². The maximum Gasteiger partial charge on any atom is 0.123 e. The minimum atomic E-state index is 0.598. The number of imidazole rings is 1. The van der Waals surface area contributed by atoms with Gasteiger partial charge in [0.2, 0.25) is 0 Å². The Morgan fingerprint density at radius 2 is 2.24 bits per heavy atom. The van der Waals surface area contributed by atoms with Crippen molar-refractivity contribution < 1.29 is 4.74 Å². The van der Waals surface area contributed by atoms with Gasteiger partial charge in [-0.2, -0.15) is 0 Å². The molecule has 0 atom stereocenters. The zero-order valence-electron chi connectivity index (χ0n) is 10.00. The lowest BCUT2D eigenvalue weighted by atomic mass is 10.2. The number of hydrogen-bond donors (Lipinski definition) is 0. The maximum absolute atomic E-state index is 5.26. The van der Waals surface area contributed by atoms with Crippen LogP contribution in [0.1, 0.15) is 11.3 Å². The van der Waals surface area contributed by atoms with E-state index in [1.54, 1.807) is 19.7 Å². The Balaban J connectivity index is 2.04. The first kappa shape index (κ1) is 11.4. The Morgan fingerprint density at radius 1 is 1.41 bits per heavy atom. The summed E-state index contributed by atoms with van der Waals surface area (Å²) >= 11 is 0. The molecule has 0 aliphatic heterocycles. The van der Waals surface area contributed by atoms with Crippen LogP contribution in [0.25, 0.3) is 0 Å². The van der Waals surface area contributed by atoms with Crippen LogP contribution in [0.2, 0.25) is 0 Å². The second-order valence-corrected chi connectivity index (χ2v) is 3.75. The van der Waals surface area contributed by atoms with Gasteiger partial charge < -0.3 is 9.30 Å². The van der Waals surface area contributed by atoms with E-state index in [1.807, 2.05) is 42.1 Å². The second kappa shape index (κ2) is 5.30. The van der Waals surface area contributed by atoms with Gasteiger partial charge in [0.1, 0.15) is 5.75 Å². The molecule has 0 aliphatic rings. The fraction of sp³-hybridized carbons (Fsp3) is 0.231. The summed E-state index contributed by atoms with van der Waals surface area (Å²) in [6.45, 7) is 0.598. The average molecular weight is 229 g/mol. The number of methoxy groups -OCH3 is 1. The summed E-state index contributed by atoms with van der Waals surface area (Å²) in [5, 5.41) is 0. The number of aryl methyl sites for hydroxylation is 1. The van der Waals surface area contributed by atoms with Gasteiger partial charge in [-0.3, -0.25) is 4.99 Å². The molecular weight excluding hydrogens is 214 g/mol. The SMILES string of the molecule is COc1ccccc1C/N=C\c1cn(C)cn1. The molecule has 17 heavy (non-hydrogen) atoms. The Bertz CT molecular complexity index is 517. The highest BCUT2D eigenvalue weighted by Crippen LogP contribution is 2.17. The highest BCUT2D eigenvalue weighted by Gasteiger charge is 1.99. The number of ether oxygens (including phenoxy) is 1. The third kappa shape index (κ3) is 2.93. The van der Waals surface area contributed by atoms with Crippen molar-refractivity contribution in [2.75, 3.05) is 7.11 Å². The van der Waals surface area contributed by atoms with Crippen LogP contribution in [-0.2, 0) is 13.6 Å². The molecule has 0 amide bonds. The van der Waals surface area contributed by atoms with Gasteiger partial charge in [0.05, 0.1) is 25.7 Å². The lowest BCUT2D eigenvalue weighted by molar-refractivity contribution is 0.410. The maximum atomic E-state index is 5.26. The number of rotatable bonds is 4. The molecule has 88 valence electrons. The Morgan fingerprint density at radius 3 is 2.94 bits per heavy atom. The molecule has 0 bridgehead atoms. The van der Waals surface area contributed by atoms with E-state index in [1.165, 1.54) is 0 Å². The zero-order valence-corrected chi connectivity index (χ0v) is 10.00. The standard InChI is InChI=1S/C13H15N3O/c1-16-9-12(15-10-16)8-14-7-11-5-3-4-6-13(11)17-2/h3-6,8-10H,7H2,1-2H3/b14-8-. The third-order valence-electron chi connectivity index (χ3n) is 2.40. The fourth-order valence-corrected chi connectivity index (χ4v) is 1.57. The predicted molar refractivity (Wildman–Crippen MR) is 67.5 cm³/mol. The molecule has 0 saturated heterocycles. The molecule has 0 aliphatic carbocycles. The van der Waals surface area contributed by atoms with Crippen molar-refractivity contribution in [1.29, 1.82) is 0 Å². The lowest BCUT2D eigenvalue weighted by Crippen LogP contribution is -1.90. The quantitative estimate of drug-likeness (QED) is 0.753. The van der Waals surface area contributed by atoms with Crippen LogP contribution in [0.4, 0.5) is 0 Å². The molecule has 0 spiro atoms. The molecule has 0 N–H and O–H groups in total. The summed E-state index contributed by atoms with van der Waals surface area (Å²) in [6.07, 6.45) is 5.45. The number of nitrogens with zero attached hydrogens (tertiary/aromatic N) is 3. The summed E-state index contributed by atoms with van der Waals surface area (Å²) in [5.41, 5.74) is 1.93. The van der Waals surface area contributed by atoms with E-state index >= 15 is 0 Å². The van der Waals surface area contributed by atoms with E-state index in [0.717, 1.165) is 17.0 Å². The van der Waals surface area contributed by atoms with Crippen LogP contribution in [0.3, 0.4) is 0 Å². The van der Waals surface area contributed by atoms with Crippen molar-refractivity contribution in [2.45, 2.75) is 6.54 Å². The Hall–Kier alpha value is -2.10. The Labute approximate surface area is 101 Å². The van der Waals surface area contributed by atoms with Crippen molar-refractivity contribution >= 4 is 6.21 Å². The van der Waals surface area contributed by atoms with Crippen molar-refractivity contribution in [3.05, 3.63) is 48.0 Å². The van der Waals surface area contributed by atoms with Crippen LogP contribution in [-0.4, -0.2) is 22.9 Å². The second-order valence-electron chi connectivity index (χ2n) is 3.75. The van der Waals surface area contributed by atoms with Crippen molar-refractivity contribution in [1.82, 2.24) is 9.55 Å². The monoisotopic (exact) mass is 229 g/mol. The average Bonchev–Trinajstić information content (AvgIpc) is 2.76. The van der Waals surface area contributed by atoms with Gasteiger partial charge in [-0.25, -0.2) is 4.98 Å². The highest BCUT2D eigenvalue weighted by molar-refractivity contribution is 5.76. The molecule has 1 aromatic heterocycles. The molecule has 0 saturated carbocycles. The summed E-state index contributed by atoms with van der Waals surface area (Å²) in [7, 11) is 3.60. The van der Waals surface area contributed by atoms with Crippen LogP contribution < -0.4 is 4.74 Å². The minimum Gasteiger partial charge on any atom is -0.496 e. The molecule has 4 nitrogen and oxygen atoms in total. The normalized spacial score (nSPS) is 10.9. The van der Waals surface area contributed by atoms with Gasteiger partial charge in [0.25, 0.3) is 0 Å². The molecule has 2 aromatic rings. The fourth-order valence-electron chi connectivity index (χ4n) is 1.57. The molecular formula is C13H15N3O. The zero-order chi connectivity index (χ0) is 12.1. The first-order valence-corrected chi connectivity index (χ1v) is 5.39. The van der Waals surface area contributed by atoms with Gasteiger partial charge in [-0.15, -0.1) is 0 Å². The van der Waals surface area contributed by atoms with Gasteiger partial charge in [-0.05, 0) is 6.07 Å². The van der Waals surface area contributed by atoms with Gasteiger partial charge in [0.15, 0.2) is 0 Å². The third-order valence-corrected chi connectivity index (χ3v) is 2.40. The van der Waals surface area contributed by atoms with Gasteiger partial charge >= 0.3 is 0 Å². The molecule has 0 fully saturated rings. The smallest absolute Gasteiger partial charge is 0.123 e. The van der Waals surface area contributed by atoms with Gasteiger partial charge in [0, 0.05) is 25.0 Å². The largest absolute Gasteiger partial charge is 0.496 e. The molecule has 0 radical (unpaired) electrons. The summed E-state index contributed by atoms with van der Waals surface area (Å²) < 4.78 is 7.15. The molecule has 1 aromatic carbocycles. The Kier molecular flexibility index (Phi) is 3.55. The highest BCUT2D eigenvalue weighted by atomic mass is 16.5. The molecule has 2 rings (SSSR count). The van der Waals surface area contributed by atoms with E-state index in [-0.39, 0.29) is 0 Å². The summed E-state index contributed by atoms with van der Waals surface area (Å²) in [4.78, 5) is 8.52. The molecule has 1 heterocycles. The molecule has 0 unspecified atom stereocenters. The minimum absolute atomic E-state index is 0.598. The van der Waals surface area contributed by atoms with E-state index in [0.29, 0.717) is 6.54 Å². The number of aliphatic imine (C=N–C) groups is 1. The summed E-state index contributed by atoms with van der Waals surface area (Å²) in [6, 6.07) is 7.87. The van der Waals surface area contributed by atoms with Crippen LogP contribution >= 0.6 is 0 Å². The van der Waals surface area contributed by atoms with E-state index in [2.05, 4.69) is 9.98 Å². The van der Waals surface area contributed by atoms with Gasteiger partial charge in [-0.1, -0.05) is 18.2 Å². The summed E-state index contributed by atoms with van der Waals surface area (Å²) in [5.74, 6) is 0.866. The van der Waals surface area contributed by atoms with Crippen molar-refractivity contribution in [2.24, 2.45) is 12.0 Å².